The van der Waals surface area contributed by atoms with Gasteiger partial charge in [-0.2, -0.15) is 23.5 Å². The highest BCUT2D eigenvalue weighted by Crippen LogP contribution is 2.19. The summed E-state index contributed by atoms with van der Waals surface area (Å²) >= 11 is 15.6. The van der Waals surface area contributed by atoms with Crippen LogP contribution >= 0.6 is 46.7 Å². The Morgan fingerprint density at radius 3 is 1.49 bits per heavy atom. The normalized spacial score (nSPS) is 11.0. The molecule has 0 saturated carbocycles. The molecule has 0 aliphatic carbocycles. The third kappa shape index (κ3) is 23.1. The zero-order chi connectivity index (χ0) is 36.0. The Hall–Kier alpha value is -2.11. The van der Waals surface area contributed by atoms with Gasteiger partial charge in [0.15, 0.2) is 0 Å². The van der Waals surface area contributed by atoms with Crippen molar-refractivity contribution in [3.63, 3.8) is 0 Å². The van der Waals surface area contributed by atoms with E-state index < -0.39 is 11.2 Å². The molecular weight excluding hydrogens is 703 g/mol. The molecule has 2 amide bonds. The molecule has 0 radical (unpaired) electrons. The van der Waals surface area contributed by atoms with E-state index in [2.05, 4.69) is 0 Å². The fourth-order valence-electron chi connectivity index (χ4n) is 4.17. The maximum atomic E-state index is 12.4. The first-order valence-corrected chi connectivity index (χ1v) is 19.4. The molecule has 2 rings (SSSR count). The standard InChI is InChI=1S/C18H28ClNO3S.C18H26ClNO3S.CH4/c2*1-18(2,3)23-17(22)20(10-6-13-24-14-12-21)11-9-15-7-4-5-8-16(15)19;/h4-5,7-8,21H,6,9-14H2,1-3H3;4-5,7-8,12H,6,9-11,13-14H2,1-3H3;1H4. The van der Waals surface area contributed by atoms with Crippen LogP contribution in [0.5, 0.6) is 0 Å². The predicted octanol–water partition coefficient (Wildman–Crippen LogP) is 9.31. The predicted molar refractivity (Wildman–Crippen MR) is 210 cm³/mol. The first kappa shape index (κ1) is 46.9. The van der Waals surface area contributed by atoms with Crippen molar-refractivity contribution in [1.29, 1.82) is 0 Å². The number of halogens is 2. The second-order valence-electron chi connectivity index (χ2n) is 12.9. The zero-order valence-corrected chi connectivity index (χ0v) is 32.5. The number of ether oxygens (including phenoxy) is 2. The summed E-state index contributed by atoms with van der Waals surface area (Å²) in [5.74, 6) is 2.97. The molecule has 8 nitrogen and oxygen atoms in total. The van der Waals surface area contributed by atoms with Gasteiger partial charge in [0.25, 0.3) is 0 Å². The Balaban J connectivity index is 0.000000922. The lowest BCUT2D eigenvalue weighted by atomic mass is 10.1. The van der Waals surface area contributed by atoms with E-state index in [0.29, 0.717) is 49.8 Å². The Morgan fingerprint density at radius 2 is 1.12 bits per heavy atom. The summed E-state index contributed by atoms with van der Waals surface area (Å²) in [4.78, 5) is 38.6. The van der Waals surface area contributed by atoms with Crippen LogP contribution in [0.2, 0.25) is 10.0 Å². The van der Waals surface area contributed by atoms with E-state index in [9.17, 15) is 14.4 Å². The summed E-state index contributed by atoms with van der Waals surface area (Å²) < 4.78 is 11.0. The van der Waals surface area contributed by atoms with Crippen molar-refractivity contribution in [3.8, 4) is 0 Å². The smallest absolute Gasteiger partial charge is 0.410 e. The van der Waals surface area contributed by atoms with Crippen LogP contribution in [-0.4, -0.2) is 100 Å². The van der Waals surface area contributed by atoms with Crippen LogP contribution < -0.4 is 0 Å². The SMILES string of the molecule is C.CC(C)(C)OC(=O)N(CCCSCC=O)CCc1ccccc1Cl.CC(C)(C)OC(=O)N(CCCSCCO)CCc1ccccc1Cl. The number of rotatable bonds is 18. The number of aldehydes is 1. The fraction of sp³-hybridized carbons (Fsp3) is 0.595. The molecule has 0 heterocycles. The summed E-state index contributed by atoms with van der Waals surface area (Å²) in [6.45, 7) is 13.7. The molecule has 12 heteroatoms. The number of amides is 2. The molecule has 2 aromatic rings. The van der Waals surface area contributed by atoms with Gasteiger partial charge < -0.3 is 29.2 Å². The molecule has 2 aromatic carbocycles. The van der Waals surface area contributed by atoms with Crippen LogP contribution in [0.15, 0.2) is 48.5 Å². The maximum absolute atomic E-state index is 12.4. The van der Waals surface area contributed by atoms with Gasteiger partial charge >= 0.3 is 12.2 Å². The molecule has 0 aliphatic heterocycles. The minimum atomic E-state index is -0.522. The minimum absolute atomic E-state index is 0. The third-order valence-electron chi connectivity index (χ3n) is 6.38. The Labute approximate surface area is 314 Å². The van der Waals surface area contributed by atoms with Crippen LogP contribution in [0.4, 0.5) is 9.59 Å². The monoisotopic (exact) mass is 760 g/mol. The number of carbonyl (C=O) groups is 3. The first-order chi connectivity index (χ1) is 22.7. The summed E-state index contributed by atoms with van der Waals surface area (Å²) in [6.07, 6.45) is 3.36. The number of hydrogen-bond donors (Lipinski definition) is 1. The average molecular weight is 762 g/mol. The number of hydrogen-bond acceptors (Lipinski definition) is 8. The molecule has 49 heavy (non-hydrogen) atoms. The van der Waals surface area contributed by atoms with Crippen LogP contribution in [-0.2, 0) is 27.1 Å². The number of thioether (sulfide) groups is 2. The quantitative estimate of drug-likeness (QED) is 0.119. The highest BCUT2D eigenvalue weighted by atomic mass is 35.5. The van der Waals surface area contributed by atoms with E-state index in [4.69, 9.17) is 37.8 Å². The second-order valence-corrected chi connectivity index (χ2v) is 16.1. The number of carbonyl (C=O) groups excluding carboxylic acids is 3. The zero-order valence-electron chi connectivity index (χ0n) is 29.3. The van der Waals surface area contributed by atoms with E-state index in [1.54, 1.807) is 33.3 Å². The van der Waals surface area contributed by atoms with Gasteiger partial charge in [-0.25, -0.2) is 9.59 Å². The van der Waals surface area contributed by atoms with Crippen molar-refractivity contribution in [3.05, 3.63) is 69.7 Å². The van der Waals surface area contributed by atoms with E-state index in [1.807, 2.05) is 90.1 Å². The van der Waals surface area contributed by atoms with Gasteiger partial charge in [0.2, 0.25) is 0 Å². The molecule has 0 bridgehead atoms. The lowest BCUT2D eigenvalue weighted by Gasteiger charge is -2.27. The van der Waals surface area contributed by atoms with Crippen molar-refractivity contribution >= 4 is 65.2 Å². The topological polar surface area (TPSA) is 96.4 Å². The molecular formula is C37H58Cl2N2O6S2. The van der Waals surface area contributed by atoms with Crippen molar-refractivity contribution in [1.82, 2.24) is 9.80 Å². The molecule has 0 fully saturated rings. The summed E-state index contributed by atoms with van der Waals surface area (Å²) in [5, 5.41) is 10.2. The van der Waals surface area contributed by atoms with E-state index >= 15 is 0 Å². The van der Waals surface area contributed by atoms with Crippen molar-refractivity contribution in [2.24, 2.45) is 0 Å². The molecule has 0 spiro atoms. The number of aliphatic hydroxyl groups is 1. The summed E-state index contributed by atoms with van der Waals surface area (Å²) in [5.41, 5.74) is 1.02. The fourth-order valence-corrected chi connectivity index (χ4v) is 5.89. The number of nitrogens with zero attached hydrogens (tertiary/aromatic N) is 2. The van der Waals surface area contributed by atoms with Gasteiger partial charge in [-0.05, 0) is 102 Å². The number of aliphatic hydroxyl groups excluding tert-OH is 1. The van der Waals surface area contributed by atoms with Gasteiger partial charge in [-0.1, -0.05) is 67.0 Å². The van der Waals surface area contributed by atoms with Gasteiger partial charge in [-0.15, -0.1) is 0 Å². The molecule has 278 valence electrons. The van der Waals surface area contributed by atoms with Crippen molar-refractivity contribution in [2.75, 3.05) is 55.8 Å². The molecule has 0 aliphatic rings. The summed E-state index contributed by atoms with van der Waals surface area (Å²) in [7, 11) is 0. The molecule has 0 aromatic heterocycles. The highest BCUT2D eigenvalue weighted by Gasteiger charge is 2.23. The van der Waals surface area contributed by atoms with Gasteiger partial charge in [0.05, 0.1) is 6.61 Å². The van der Waals surface area contributed by atoms with E-state index in [1.165, 1.54) is 0 Å². The molecule has 0 atom stereocenters. The average Bonchev–Trinajstić information content (AvgIpc) is 3.00. The van der Waals surface area contributed by atoms with Gasteiger partial charge in [-0.3, -0.25) is 0 Å². The molecule has 0 unspecified atom stereocenters. The lowest BCUT2D eigenvalue weighted by Crippen LogP contribution is -2.38. The Kier molecular flexibility index (Phi) is 24.7. The van der Waals surface area contributed by atoms with Crippen LogP contribution in [0, 0.1) is 0 Å². The van der Waals surface area contributed by atoms with Crippen LogP contribution in [0.3, 0.4) is 0 Å². The van der Waals surface area contributed by atoms with E-state index in [-0.39, 0.29) is 26.2 Å². The van der Waals surface area contributed by atoms with Crippen molar-refractivity contribution in [2.45, 2.75) is 85.9 Å². The summed E-state index contributed by atoms with van der Waals surface area (Å²) in [6, 6.07) is 15.3. The maximum Gasteiger partial charge on any atom is 0.410 e. The van der Waals surface area contributed by atoms with Crippen LogP contribution in [0.25, 0.3) is 0 Å². The molecule has 0 saturated heterocycles. The Morgan fingerprint density at radius 1 is 0.714 bits per heavy atom. The number of benzene rings is 2. The van der Waals surface area contributed by atoms with Gasteiger partial charge in [0, 0.05) is 47.7 Å². The minimum Gasteiger partial charge on any atom is -0.444 e. The first-order valence-electron chi connectivity index (χ1n) is 16.3. The van der Waals surface area contributed by atoms with Crippen LogP contribution in [0.1, 0.15) is 72.9 Å². The molecule has 1 N–H and O–H groups in total. The van der Waals surface area contributed by atoms with E-state index in [0.717, 1.165) is 52.5 Å². The Bertz CT molecular complexity index is 1220. The third-order valence-corrected chi connectivity index (χ3v) is 9.11. The lowest BCUT2D eigenvalue weighted by molar-refractivity contribution is -0.105. The largest absolute Gasteiger partial charge is 0.444 e. The van der Waals surface area contributed by atoms with Gasteiger partial charge in [0.1, 0.15) is 17.5 Å². The van der Waals surface area contributed by atoms with Crippen molar-refractivity contribution < 1.29 is 29.0 Å². The second kappa shape index (κ2) is 25.8. The highest BCUT2D eigenvalue weighted by molar-refractivity contribution is 7.99.